The number of nitrogens with one attached hydrogen (secondary N) is 2. The summed E-state index contributed by atoms with van der Waals surface area (Å²) in [6, 6.07) is 5.77. The zero-order valence-electron chi connectivity index (χ0n) is 33.4. The van der Waals surface area contributed by atoms with Gasteiger partial charge >= 0.3 is 0 Å². The fraction of sp³-hybridized carbons (Fsp3) is 0.744. The van der Waals surface area contributed by atoms with Gasteiger partial charge in [0.2, 0.25) is 23.6 Å². The smallest absolute Gasteiger partial charge is 0.245 e. The highest BCUT2D eigenvalue weighted by Gasteiger charge is 2.43. The number of likely N-dealkylation sites (tertiary alicyclic amines) is 1. The molecule has 0 aromatic heterocycles. The van der Waals surface area contributed by atoms with Crippen molar-refractivity contribution in [2.24, 2.45) is 23.7 Å². The summed E-state index contributed by atoms with van der Waals surface area (Å²) in [5.41, 5.74) is 7.57. The first-order chi connectivity index (χ1) is 24.0. The number of methoxy groups -OCH3 is 2. The lowest BCUT2D eigenvalue weighted by Crippen LogP contribution is -2.59. The number of nitrogens with two attached hydrogens (primary N) is 1. The molecule has 51 heavy (non-hydrogen) atoms. The van der Waals surface area contributed by atoms with Crippen molar-refractivity contribution >= 4 is 29.3 Å². The number of amides is 4. The Hall–Kier alpha value is -3.22. The van der Waals surface area contributed by atoms with Gasteiger partial charge in [-0.3, -0.25) is 24.1 Å². The van der Waals surface area contributed by atoms with Gasteiger partial charge in [-0.1, -0.05) is 67.0 Å². The number of rotatable bonds is 20. The van der Waals surface area contributed by atoms with Crippen LogP contribution in [0.3, 0.4) is 0 Å². The highest BCUT2D eigenvalue weighted by atomic mass is 16.5. The number of nitrogens with zero attached hydrogens (tertiary/aromatic N) is 3. The standard InChI is InChI=1S/C39H68N6O6/c1-13-26(6)35(44(10)39(49)33(24(2)3)42-38(48)34(25(4)5)43(8)9)31(50-11)23-32(46)45-22-14-15-30(45)36(51-12)27(7)37(47)41-21-20-28-16-18-29(40)19-17-28/h16-19,24-27,30-31,33-36H,13-15,20-23,40H2,1-12H3,(H,41,47)(H,42,48)/t26-,27+,30-,31+,33?,34-,35-,36+/m0/s1. The number of anilines is 1. The van der Waals surface area contributed by atoms with E-state index in [2.05, 4.69) is 24.5 Å². The Labute approximate surface area is 307 Å². The molecule has 0 spiro atoms. The Morgan fingerprint density at radius 3 is 2.08 bits per heavy atom. The number of hydrogen-bond acceptors (Lipinski definition) is 8. The molecule has 0 aliphatic carbocycles. The van der Waals surface area contributed by atoms with Crippen LogP contribution in [0, 0.1) is 23.7 Å². The number of hydrogen-bond donors (Lipinski definition) is 3. The molecule has 8 atom stereocenters. The van der Waals surface area contributed by atoms with Gasteiger partial charge in [0, 0.05) is 40.0 Å². The van der Waals surface area contributed by atoms with E-state index in [0.29, 0.717) is 25.2 Å². The van der Waals surface area contributed by atoms with Crippen LogP contribution in [0.25, 0.3) is 0 Å². The molecule has 12 nitrogen and oxygen atoms in total. The quantitative estimate of drug-likeness (QED) is 0.174. The Bertz CT molecular complexity index is 1250. The molecule has 1 fully saturated rings. The summed E-state index contributed by atoms with van der Waals surface area (Å²) >= 11 is 0. The van der Waals surface area contributed by atoms with E-state index in [0.717, 1.165) is 24.8 Å². The first-order valence-corrected chi connectivity index (χ1v) is 18.7. The first kappa shape index (κ1) is 43.9. The van der Waals surface area contributed by atoms with E-state index in [1.54, 1.807) is 26.2 Å². The van der Waals surface area contributed by atoms with Crippen molar-refractivity contribution in [3.63, 3.8) is 0 Å². The van der Waals surface area contributed by atoms with Crippen LogP contribution >= 0.6 is 0 Å². The van der Waals surface area contributed by atoms with Gasteiger partial charge in [-0.2, -0.15) is 0 Å². The van der Waals surface area contributed by atoms with Crippen molar-refractivity contribution in [3.05, 3.63) is 29.8 Å². The molecule has 1 unspecified atom stereocenters. The molecular formula is C39H68N6O6. The number of carbonyl (C=O) groups is 4. The van der Waals surface area contributed by atoms with Crippen molar-refractivity contribution < 1.29 is 28.7 Å². The fourth-order valence-electron chi connectivity index (χ4n) is 7.59. The molecule has 1 saturated heterocycles. The maximum atomic E-state index is 14.2. The van der Waals surface area contributed by atoms with Crippen LogP contribution in [0.1, 0.15) is 79.7 Å². The molecule has 290 valence electrons. The predicted octanol–water partition coefficient (Wildman–Crippen LogP) is 3.57. The summed E-state index contributed by atoms with van der Waals surface area (Å²) in [5, 5.41) is 6.07. The molecule has 1 aliphatic heterocycles. The molecule has 2 rings (SSSR count). The van der Waals surface area contributed by atoms with Gasteiger partial charge in [0.25, 0.3) is 0 Å². The number of benzene rings is 1. The van der Waals surface area contributed by atoms with Crippen molar-refractivity contribution in [1.29, 1.82) is 0 Å². The number of nitrogen functional groups attached to an aromatic ring is 1. The topological polar surface area (TPSA) is 147 Å². The van der Waals surface area contributed by atoms with Crippen LogP contribution in [-0.4, -0.2) is 123 Å². The third kappa shape index (κ3) is 11.9. The first-order valence-electron chi connectivity index (χ1n) is 18.7. The van der Waals surface area contributed by atoms with E-state index in [9.17, 15) is 19.2 Å². The summed E-state index contributed by atoms with van der Waals surface area (Å²) in [6.45, 7) is 14.8. The fourth-order valence-corrected chi connectivity index (χ4v) is 7.59. The lowest BCUT2D eigenvalue weighted by Gasteiger charge is -2.41. The normalized spacial score (nSPS) is 19.0. The average molecular weight is 717 g/mol. The molecule has 1 aromatic rings. The highest BCUT2D eigenvalue weighted by Crippen LogP contribution is 2.29. The molecule has 1 aromatic carbocycles. The lowest BCUT2D eigenvalue weighted by atomic mass is 9.89. The largest absolute Gasteiger partial charge is 0.399 e. The van der Waals surface area contributed by atoms with E-state index in [-0.39, 0.29) is 59.9 Å². The summed E-state index contributed by atoms with van der Waals surface area (Å²) in [5.74, 6) is -1.21. The third-order valence-electron chi connectivity index (χ3n) is 10.6. The van der Waals surface area contributed by atoms with Crippen LogP contribution < -0.4 is 16.4 Å². The Morgan fingerprint density at radius 2 is 1.57 bits per heavy atom. The highest BCUT2D eigenvalue weighted by molar-refractivity contribution is 5.90. The van der Waals surface area contributed by atoms with Crippen LogP contribution in [0.5, 0.6) is 0 Å². The average Bonchev–Trinajstić information content (AvgIpc) is 3.56. The molecule has 4 N–H and O–H groups in total. The van der Waals surface area contributed by atoms with Crippen molar-refractivity contribution in [2.45, 2.75) is 117 Å². The minimum Gasteiger partial charge on any atom is -0.399 e. The second kappa shape index (κ2) is 20.7. The predicted molar refractivity (Wildman–Crippen MR) is 203 cm³/mol. The second-order valence-corrected chi connectivity index (χ2v) is 15.3. The summed E-state index contributed by atoms with van der Waals surface area (Å²) < 4.78 is 11.9. The van der Waals surface area contributed by atoms with Gasteiger partial charge in [-0.15, -0.1) is 0 Å². The van der Waals surface area contributed by atoms with Gasteiger partial charge in [0.1, 0.15) is 6.04 Å². The number of carbonyl (C=O) groups excluding carboxylic acids is 4. The third-order valence-corrected chi connectivity index (χ3v) is 10.6. The molecule has 0 bridgehead atoms. The van der Waals surface area contributed by atoms with Crippen LogP contribution in [-0.2, 0) is 35.1 Å². The molecular weight excluding hydrogens is 648 g/mol. The van der Waals surface area contributed by atoms with Gasteiger partial charge in [-0.05, 0) is 68.8 Å². The van der Waals surface area contributed by atoms with Gasteiger partial charge in [-0.25, -0.2) is 0 Å². The number of likely N-dealkylation sites (N-methyl/N-ethyl adjacent to an activating group) is 2. The maximum Gasteiger partial charge on any atom is 0.245 e. The molecule has 12 heteroatoms. The zero-order valence-corrected chi connectivity index (χ0v) is 33.4. The Morgan fingerprint density at radius 1 is 0.941 bits per heavy atom. The lowest BCUT2D eigenvalue weighted by molar-refractivity contribution is -0.148. The van der Waals surface area contributed by atoms with E-state index in [4.69, 9.17) is 15.2 Å². The van der Waals surface area contributed by atoms with E-state index in [1.807, 2.05) is 82.8 Å². The van der Waals surface area contributed by atoms with Gasteiger partial charge in [0.15, 0.2) is 0 Å². The Balaban J connectivity index is 2.21. The molecule has 0 saturated carbocycles. The molecule has 1 heterocycles. The second-order valence-electron chi connectivity index (χ2n) is 15.3. The molecule has 0 radical (unpaired) electrons. The van der Waals surface area contributed by atoms with Crippen molar-refractivity contribution in [2.75, 3.05) is 54.2 Å². The summed E-state index contributed by atoms with van der Waals surface area (Å²) in [6.07, 6.45) is 1.93. The molecule has 1 aliphatic rings. The van der Waals surface area contributed by atoms with Gasteiger partial charge in [0.05, 0.1) is 42.7 Å². The van der Waals surface area contributed by atoms with E-state index >= 15 is 0 Å². The van der Waals surface area contributed by atoms with Gasteiger partial charge < -0.3 is 35.6 Å². The van der Waals surface area contributed by atoms with Crippen LogP contribution in [0.2, 0.25) is 0 Å². The number of ether oxygens (including phenoxy) is 2. The monoisotopic (exact) mass is 717 g/mol. The maximum absolute atomic E-state index is 14.2. The van der Waals surface area contributed by atoms with Crippen molar-refractivity contribution in [1.82, 2.24) is 25.3 Å². The molecule has 4 amide bonds. The minimum absolute atomic E-state index is 0.00320. The van der Waals surface area contributed by atoms with E-state index in [1.165, 1.54) is 0 Å². The summed E-state index contributed by atoms with van der Waals surface area (Å²) in [4.78, 5) is 60.3. The van der Waals surface area contributed by atoms with Crippen LogP contribution in [0.15, 0.2) is 24.3 Å². The van der Waals surface area contributed by atoms with Crippen LogP contribution in [0.4, 0.5) is 5.69 Å². The summed E-state index contributed by atoms with van der Waals surface area (Å²) in [7, 11) is 8.64. The van der Waals surface area contributed by atoms with Crippen molar-refractivity contribution in [3.8, 4) is 0 Å². The zero-order chi connectivity index (χ0) is 38.6. The minimum atomic E-state index is -0.743. The van der Waals surface area contributed by atoms with E-state index < -0.39 is 30.2 Å². The SMILES string of the molecule is CC[C@H](C)[C@@H]([C@@H](CC(=O)N1CCC[C@H]1[C@H](OC)[C@@H](C)C(=O)NCCc1ccc(N)cc1)OC)N(C)C(=O)C(NC(=O)[C@H](C(C)C)N(C)C)C(C)C. The Kier molecular flexibility index (Phi) is 17.9.